The van der Waals surface area contributed by atoms with E-state index in [0.29, 0.717) is 5.56 Å². The number of hydrogen-bond acceptors (Lipinski definition) is 3. The monoisotopic (exact) mass is 278 g/mol. The molecular weight excluding hydrogens is 266 g/mol. The molecule has 6 heteroatoms. The van der Waals surface area contributed by atoms with Crippen molar-refractivity contribution < 1.29 is 13.7 Å². The number of nitrogens with zero attached hydrogens (tertiary/aromatic N) is 1. The normalized spacial score (nSPS) is 10.3. The van der Waals surface area contributed by atoms with E-state index in [1.165, 1.54) is 25.1 Å². The summed E-state index contributed by atoms with van der Waals surface area (Å²) >= 11 is 0. The molecule has 0 fully saturated rings. The number of nitro benzene ring substituents is 1. The second-order valence-electron chi connectivity index (χ2n) is 4.36. The van der Waals surface area contributed by atoms with Crippen LogP contribution in [0.5, 0.6) is 0 Å². The molecule has 1 N–H and O–H groups in total. The predicted molar refractivity (Wildman–Crippen MR) is 71.5 cm³/mol. The minimum atomic E-state index is -0.643. The Morgan fingerprint density at radius 3 is 2.45 bits per heavy atom. The summed E-state index contributed by atoms with van der Waals surface area (Å²) in [5.74, 6) is -0.971. The molecule has 0 radical (unpaired) electrons. The lowest BCUT2D eigenvalue weighted by molar-refractivity contribution is -0.384. The van der Waals surface area contributed by atoms with Gasteiger partial charge in [-0.25, -0.2) is 8.78 Å². The first kappa shape index (κ1) is 13.9. The summed E-state index contributed by atoms with van der Waals surface area (Å²) in [4.78, 5) is 10.2. The maximum Gasteiger partial charge on any atom is 0.295 e. The lowest BCUT2D eigenvalue weighted by atomic mass is 10.1. The van der Waals surface area contributed by atoms with E-state index in [-0.39, 0.29) is 23.7 Å². The van der Waals surface area contributed by atoms with Crippen LogP contribution in [0.1, 0.15) is 11.1 Å². The number of benzene rings is 2. The molecule has 0 atom stereocenters. The van der Waals surface area contributed by atoms with Crippen LogP contribution in [0.3, 0.4) is 0 Å². The molecule has 0 saturated carbocycles. The fraction of sp³-hybridized carbons (Fsp3) is 0.143. The van der Waals surface area contributed by atoms with Gasteiger partial charge in [0.15, 0.2) is 0 Å². The lowest BCUT2D eigenvalue weighted by Gasteiger charge is -2.09. The van der Waals surface area contributed by atoms with E-state index in [1.807, 2.05) is 0 Å². The zero-order valence-corrected chi connectivity index (χ0v) is 10.7. The van der Waals surface area contributed by atoms with Crippen molar-refractivity contribution in [1.82, 2.24) is 0 Å². The summed E-state index contributed by atoms with van der Waals surface area (Å²) < 4.78 is 26.1. The fourth-order valence-electron chi connectivity index (χ4n) is 1.76. The Hall–Kier alpha value is -2.50. The first-order chi connectivity index (χ1) is 9.47. The van der Waals surface area contributed by atoms with Crippen molar-refractivity contribution >= 4 is 11.4 Å². The van der Waals surface area contributed by atoms with Gasteiger partial charge in [-0.15, -0.1) is 0 Å². The Morgan fingerprint density at radius 1 is 1.20 bits per heavy atom. The van der Waals surface area contributed by atoms with Gasteiger partial charge in [0.25, 0.3) is 5.69 Å². The molecule has 0 amide bonds. The molecule has 4 nitrogen and oxygen atoms in total. The number of nitro groups is 1. The summed E-state index contributed by atoms with van der Waals surface area (Å²) in [5.41, 5.74) is 0.994. The zero-order valence-electron chi connectivity index (χ0n) is 10.7. The second-order valence-corrected chi connectivity index (χ2v) is 4.36. The molecule has 0 unspecified atom stereocenters. The SMILES string of the molecule is Cc1cc(NCc2ccc(F)cc2)c([N+](=O)[O-])cc1F. The highest BCUT2D eigenvalue weighted by Gasteiger charge is 2.16. The van der Waals surface area contributed by atoms with Crippen LogP contribution in [0.15, 0.2) is 36.4 Å². The highest BCUT2D eigenvalue weighted by Crippen LogP contribution is 2.27. The van der Waals surface area contributed by atoms with E-state index < -0.39 is 10.7 Å². The Labute approximate surface area is 114 Å². The van der Waals surface area contributed by atoms with Crippen LogP contribution in [-0.2, 0) is 6.54 Å². The van der Waals surface area contributed by atoms with Gasteiger partial charge in [-0.3, -0.25) is 10.1 Å². The Balaban J connectivity index is 2.22. The van der Waals surface area contributed by atoms with Crippen molar-refractivity contribution in [2.45, 2.75) is 13.5 Å². The average molecular weight is 278 g/mol. The van der Waals surface area contributed by atoms with E-state index >= 15 is 0 Å². The molecule has 20 heavy (non-hydrogen) atoms. The van der Waals surface area contributed by atoms with E-state index in [0.717, 1.165) is 11.6 Å². The highest BCUT2D eigenvalue weighted by atomic mass is 19.1. The van der Waals surface area contributed by atoms with Gasteiger partial charge in [0.1, 0.15) is 17.3 Å². The third-order valence-corrected chi connectivity index (χ3v) is 2.87. The van der Waals surface area contributed by atoms with Crippen LogP contribution in [0.2, 0.25) is 0 Å². The lowest BCUT2D eigenvalue weighted by Crippen LogP contribution is -2.04. The maximum atomic E-state index is 13.4. The van der Waals surface area contributed by atoms with Gasteiger partial charge in [-0.05, 0) is 36.2 Å². The van der Waals surface area contributed by atoms with Gasteiger partial charge in [-0.2, -0.15) is 0 Å². The van der Waals surface area contributed by atoms with E-state index in [1.54, 1.807) is 12.1 Å². The largest absolute Gasteiger partial charge is 0.375 e. The average Bonchev–Trinajstić information content (AvgIpc) is 2.41. The van der Waals surface area contributed by atoms with Gasteiger partial charge in [0, 0.05) is 6.54 Å². The van der Waals surface area contributed by atoms with Crippen LogP contribution in [0.25, 0.3) is 0 Å². The third-order valence-electron chi connectivity index (χ3n) is 2.87. The quantitative estimate of drug-likeness (QED) is 0.683. The number of hydrogen-bond donors (Lipinski definition) is 1. The number of anilines is 1. The molecule has 104 valence electrons. The molecule has 0 aromatic heterocycles. The standard InChI is InChI=1S/C14H12F2N2O2/c1-9-6-13(14(18(19)20)7-12(9)16)17-8-10-2-4-11(15)5-3-10/h2-7,17H,8H2,1H3. The smallest absolute Gasteiger partial charge is 0.295 e. The summed E-state index contributed by atoms with van der Waals surface area (Å²) in [6.45, 7) is 1.81. The van der Waals surface area contributed by atoms with Gasteiger partial charge in [-0.1, -0.05) is 12.1 Å². The molecule has 0 saturated heterocycles. The van der Waals surface area contributed by atoms with Crippen LogP contribution in [0.4, 0.5) is 20.2 Å². The maximum absolute atomic E-state index is 13.4. The highest BCUT2D eigenvalue weighted by molar-refractivity contribution is 5.63. The molecule has 0 heterocycles. The summed E-state index contributed by atoms with van der Waals surface area (Å²) in [7, 11) is 0. The Kier molecular flexibility index (Phi) is 3.93. The Bertz CT molecular complexity index is 642. The summed E-state index contributed by atoms with van der Waals surface area (Å²) in [6, 6.07) is 8.04. The second kappa shape index (κ2) is 5.64. The molecule has 0 aliphatic carbocycles. The molecule has 2 aromatic rings. The van der Waals surface area contributed by atoms with Crippen molar-refractivity contribution in [3.05, 3.63) is 69.3 Å². The van der Waals surface area contributed by atoms with Gasteiger partial charge in [0.05, 0.1) is 11.0 Å². The minimum Gasteiger partial charge on any atom is -0.375 e. The van der Waals surface area contributed by atoms with Crippen molar-refractivity contribution in [3.8, 4) is 0 Å². The molecular formula is C14H12F2N2O2. The summed E-state index contributed by atoms with van der Waals surface area (Å²) in [5, 5.41) is 13.8. The Morgan fingerprint density at radius 2 is 1.85 bits per heavy atom. The number of nitrogens with one attached hydrogen (secondary N) is 1. The van der Waals surface area contributed by atoms with Crippen LogP contribution in [-0.4, -0.2) is 4.92 Å². The topological polar surface area (TPSA) is 55.2 Å². The van der Waals surface area contributed by atoms with Gasteiger partial charge in [0.2, 0.25) is 0 Å². The fourth-order valence-corrected chi connectivity index (χ4v) is 1.76. The molecule has 2 rings (SSSR count). The molecule has 0 aliphatic heterocycles. The van der Waals surface area contributed by atoms with Crippen LogP contribution in [0, 0.1) is 28.7 Å². The predicted octanol–water partition coefficient (Wildman–Crippen LogP) is 3.79. The zero-order chi connectivity index (χ0) is 14.7. The van der Waals surface area contributed by atoms with E-state index in [9.17, 15) is 18.9 Å². The van der Waals surface area contributed by atoms with Gasteiger partial charge >= 0.3 is 0 Å². The number of halogens is 2. The molecule has 0 bridgehead atoms. The minimum absolute atomic E-state index is 0.234. The first-order valence-electron chi connectivity index (χ1n) is 5.90. The van der Waals surface area contributed by atoms with Crippen molar-refractivity contribution in [1.29, 1.82) is 0 Å². The van der Waals surface area contributed by atoms with E-state index in [4.69, 9.17) is 0 Å². The van der Waals surface area contributed by atoms with Gasteiger partial charge < -0.3 is 5.32 Å². The van der Waals surface area contributed by atoms with Crippen molar-refractivity contribution in [2.75, 3.05) is 5.32 Å². The molecule has 2 aromatic carbocycles. The van der Waals surface area contributed by atoms with Crippen molar-refractivity contribution in [3.63, 3.8) is 0 Å². The van der Waals surface area contributed by atoms with E-state index in [2.05, 4.69) is 5.32 Å². The number of rotatable bonds is 4. The first-order valence-corrected chi connectivity index (χ1v) is 5.90. The molecule has 0 spiro atoms. The molecule has 0 aliphatic rings. The van der Waals surface area contributed by atoms with Crippen LogP contribution < -0.4 is 5.32 Å². The van der Waals surface area contributed by atoms with Crippen molar-refractivity contribution in [2.24, 2.45) is 0 Å². The third kappa shape index (κ3) is 3.09. The number of aryl methyl sites for hydroxylation is 1. The van der Waals surface area contributed by atoms with Crippen LogP contribution >= 0.6 is 0 Å². The summed E-state index contributed by atoms with van der Waals surface area (Å²) in [6.07, 6.45) is 0.